The number of hydrogen-bond donors (Lipinski definition) is 0. The molecule has 4 heteroatoms. The van der Waals surface area contributed by atoms with E-state index in [1.807, 2.05) is 23.2 Å². The number of hydrogen-bond acceptors (Lipinski definition) is 4. The topological polar surface area (TPSA) is 31.2 Å². The van der Waals surface area contributed by atoms with Crippen LogP contribution in [0.1, 0.15) is 5.56 Å². The Labute approximate surface area is 124 Å². The summed E-state index contributed by atoms with van der Waals surface area (Å²) in [5, 5.41) is 10.7. The Balaban J connectivity index is 1.82. The second-order valence-corrected chi connectivity index (χ2v) is 5.37. The summed E-state index contributed by atoms with van der Waals surface area (Å²) < 4.78 is 0. The van der Waals surface area contributed by atoms with Crippen LogP contribution in [0.4, 0.5) is 11.4 Å². The van der Waals surface area contributed by atoms with Crippen molar-refractivity contribution >= 4 is 17.5 Å². The Bertz CT molecular complexity index is 723. The highest BCUT2D eigenvalue weighted by Crippen LogP contribution is 2.40. The van der Waals surface area contributed by atoms with E-state index in [1.54, 1.807) is 0 Å². The van der Waals surface area contributed by atoms with Crippen LogP contribution in [0.25, 0.3) is 6.08 Å². The molecule has 1 unspecified atom stereocenters. The summed E-state index contributed by atoms with van der Waals surface area (Å²) in [6.07, 6.45) is 4.37. The fourth-order valence-corrected chi connectivity index (χ4v) is 3.04. The zero-order valence-corrected chi connectivity index (χ0v) is 11.8. The van der Waals surface area contributed by atoms with Crippen molar-refractivity contribution < 1.29 is 0 Å². The standard InChI is InChI=1S/C17H16N4/c1-20-16-10-6-5-7-14(16)11-12-17(20)13-18-19-21(17)15-8-3-2-4-9-15/h2-12H,13H2,1H3. The maximum absolute atomic E-state index is 4.37. The lowest BCUT2D eigenvalue weighted by Crippen LogP contribution is -2.57. The van der Waals surface area contributed by atoms with Crippen LogP contribution in [-0.2, 0) is 0 Å². The van der Waals surface area contributed by atoms with Crippen LogP contribution in [-0.4, -0.2) is 19.3 Å². The molecule has 0 saturated carbocycles. The summed E-state index contributed by atoms with van der Waals surface area (Å²) in [6, 6.07) is 18.6. The molecule has 2 aliphatic rings. The van der Waals surface area contributed by atoms with Gasteiger partial charge in [0.2, 0.25) is 0 Å². The highest BCUT2D eigenvalue weighted by molar-refractivity contribution is 5.75. The molecule has 0 saturated heterocycles. The third-order valence-electron chi connectivity index (χ3n) is 4.23. The second-order valence-electron chi connectivity index (χ2n) is 5.37. The molecule has 0 aromatic heterocycles. The van der Waals surface area contributed by atoms with E-state index in [1.165, 1.54) is 11.3 Å². The third kappa shape index (κ3) is 1.69. The largest absolute Gasteiger partial charge is 0.345 e. The minimum absolute atomic E-state index is 0.351. The lowest BCUT2D eigenvalue weighted by molar-refractivity contribution is 0.528. The molecule has 21 heavy (non-hydrogen) atoms. The average molecular weight is 276 g/mol. The molecule has 0 amide bonds. The fraction of sp³-hybridized carbons (Fsp3) is 0.176. The van der Waals surface area contributed by atoms with E-state index < -0.39 is 0 Å². The third-order valence-corrected chi connectivity index (χ3v) is 4.23. The van der Waals surface area contributed by atoms with Gasteiger partial charge >= 0.3 is 0 Å². The van der Waals surface area contributed by atoms with Gasteiger partial charge in [0.15, 0.2) is 5.66 Å². The molecule has 0 N–H and O–H groups in total. The molecular weight excluding hydrogens is 260 g/mol. The Hall–Kier alpha value is -2.62. The molecule has 0 radical (unpaired) electrons. The van der Waals surface area contributed by atoms with Crippen LogP contribution in [0.15, 0.2) is 71.0 Å². The summed E-state index contributed by atoms with van der Waals surface area (Å²) in [6.45, 7) is 0.628. The number of para-hydroxylation sites is 2. The molecule has 0 fully saturated rings. The summed E-state index contributed by atoms with van der Waals surface area (Å²) in [7, 11) is 2.11. The van der Waals surface area contributed by atoms with Crippen LogP contribution in [0.5, 0.6) is 0 Å². The van der Waals surface area contributed by atoms with Gasteiger partial charge in [0.05, 0.1) is 5.69 Å². The van der Waals surface area contributed by atoms with Crippen LogP contribution < -0.4 is 9.91 Å². The highest BCUT2D eigenvalue weighted by atomic mass is 15.7. The van der Waals surface area contributed by atoms with Gasteiger partial charge in [0.25, 0.3) is 0 Å². The Morgan fingerprint density at radius 3 is 2.62 bits per heavy atom. The number of fused-ring (bicyclic) bond motifs is 1. The maximum Gasteiger partial charge on any atom is 0.177 e. The van der Waals surface area contributed by atoms with Gasteiger partial charge in [0.1, 0.15) is 6.54 Å². The smallest absolute Gasteiger partial charge is 0.177 e. The van der Waals surface area contributed by atoms with Gasteiger partial charge in [-0.3, -0.25) is 0 Å². The molecular formula is C17H16N4. The van der Waals surface area contributed by atoms with E-state index >= 15 is 0 Å². The second kappa shape index (κ2) is 4.45. The molecule has 0 aliphatic carbocycles. The van der Waals surface area contributed by atoms with Crippen molar-refractivity contribution in [3.63, 3.8) is 0 Å². The summed E-state index contributed by atoms with van der Waals surface area (Å²) in [4.78, 5) is 2.26. The zero-order valence-electron chi connectivity index (χ0n) is 11.8. The first-order valence-corrected chi connectivity index (χ1v) is 7.06. The molecule has 1 spiro atoms. The molecule has 2 aromatic rings. The Kier molecular flexibility index (Phi) is 2.57. The van der Waals surface area contributed by atoms with E-state index in [4.69, 9.17) is 0 Å². The lowest BCUT2D eigenvalue weighted by atomic mass is 9.97. The van der Waals surface area contributed by atoms with Gasteiger partial charge in [-0.25, -0.2) is 5.01 Å². The first kappa shape index (κ1) is 12.1. The van der Waals surface area contributed by atoms with Gasteiger partial charge in [-0.05, 0) is 29.8 Å². The summed E-state index contributed by atoms with van der Waals surface area (Å²) in [5.74, 6) is 0. The molecule has 4 nitrogen and oxygen atoms in total. The number of likely N-dealkylation sites (N-methyl/N-ethyl adjacent to an activating group) is 1. The Morgan fingerprint density at radius 1 is 1.00 bits per heavy atom. The van der Waals surface area contributed by atoms with Gasteiger partial charge in [-0.1, -0.05) is 47.7 Å². The van der Waals surface area contributed by atoms with Gasteiger partial charge < -0.3 is 4.90 Å². The van der Waals surface area contributed by atoms with Crippen LogP contribution >= 0.6 is 0 Å². The maximum atomic E-state index is 4.37. The number of nitrogens with zero attached hydrogens (tertiary/aromatic N) is 4. The van der Waals surface area contributed by atoms with Crippen molar-refractivity contribution in [1.82, 2.24) is 0 Å². The summed E-state index contributed by atoms with van der Waals surface area (Å²) >= 11 is 0. The summed E-state index contributed by atoms with van der Waals surface area (Å²) in [5.41, 5.74) is 3.13. The van der Waals surface area contributed by atoms with E-state index in [-0.39, 0.29) is 5.66 Å². The molecule has 0 bridgehead atoms. The first-order valence-electron chi connectivity index (χ1n) is 7.06. The van der Waals surface area contributed by atoms with E-state index in [9.17, 15) is 0 Å². The molecule has 2 heterocycles. The first-order chi connectivity index (χ1) is 10.3. The quantitative estimate of drug-likeness (QED) is 0.794. The van der Waals surface area contributed by atoms with Crippen molar-refractivity contribution in [2.45, 2.75) is 5.66 Å². The number of anilines is 2. The van der Waals surface area contributed by atoms with Crippen LogP contribution in [0.3, 0.4) is 0 Å². The van der Waals surface area contributed by atoms with Crippen molar-refractivity contribution in [3.05, 3.63) is 66.2 Å². The lowest BCUT2D eigenvalue weighted by Gasteiger charge is -2.44. The molecule has 1 atom stereocenters. The minimum Gasteiger partial charge on any atom is -0.345 e. The molecule has 4 rings (SSSR count). The fourth-order valence-electron chi connectivity index (χ4n) is 3.04. The Morgan fingerprint density at radius 2 is 1.76 bits per heavy atom. The van der Waals surface area contributed by atoms with Crippen molar-refractivity contribution in [3.8, 4) is 0 Å². The van der Waals surface area contributed by atoms with Gasteiger partial charge in [-0.15, -0.1) is 0 Å². The molecule has 104 valence electrons. The normalized spacial score (nSPS) is 22.9. The van der Waals surface area contributed by atoms with Crippen molar-refractivity contribution in [1.29, 1.82) is 0 Å². The number of rotatable bonds is 1. The predicted octanol–water partition coefficient (Wildman–Crippen LogP) is 3.73. The van der Waals surface area contributed by atoms with E-state index in [0.29, 0.717) is 6.54 Å². The van der Waals surface area contributed by atoms with Crippen LogP contribution in [0, 0.1) is 0 Å². The molecule has 2 aliphatic heterocycles. The van der Waals surface area contributed by atoms with Gasteiger partial charge in [-0.2, -0.15) is 5.11 Å². The monoisotopic (exact) mass is 276 g/mol. The number of benzene rings is 2. The SMILES string of the molecule is CN1c2ccccc2C=CC12CN=NN2c1ccccc1. The minimum atomic E-state index is -0.351. The van der Waals surface area contributed by atoms with Gasteiger partial charge in [0, 0.05) is 12.7 Å². The predicted molar refractivity (Wildman–Crippen MR) is 85.3 cm³/mol. The van der Waals surface area contributed by atoms with E-state index in [2.05, 4.69) is 70.8 Å². The average Bonchev–Trinajstić information content (AvgIpc) is 2.97. The zero-order chi connectivity index (χ0) is 14.3. The van der Waals surface area contributed by atoms with Crippen LogP contribution in [0.2, 0.25) is 0 Å². The van der Waals surface area contributed by atoms with Crippen molar-refractivity contribution in [2.75, 3.05) is 23.5 Å². The van der Waals surface area contributed by atoms with Crippen molar-refractivity contribution in [2.24, 2.45) is 10.3 Å². The highest BCUT2D eigenvalue weighted by Gasteiger charge is 2.45. The van der Waals surface area contributed by atoms with E-state index in [0.717, 1.165) is 5.69 Å². The molecule has 2 aromatic carbocycles.